The largest absolute Gasteiger partial charge is 0.360 e. The summed E-state index contributed by atoms with van der Waals surface area (Å²) >= 11 is 0. The minimum atomic E-state index is -3.57. The third kappa shape index (κ3) is 1.37. The number of alkyl halides is 3. The van der Waals surface area contributed by atoms with Crippen molar-refractivity contribution in [1.82, 2.24) is 4.98 Å². The van der Waals surface area contributed by atoms with Crippen LogP contribution in [0.2, 0.25) is 0 Å². The summed E-state index contributed by atoms with van der Waals surface area (Å²) < 4.78 is 36.0. The van der Waals surface area contributed by atoms with Crippen LogP contribution in [0.4, 0.5) is 13.2 Å². The first-order valence-corrected chi connectivity index (χ1v) is 2.88. The molecule has 1 atom stereocenters. The maximum Gasteiger partial charge on any atom is 0.309 e. The highest BCUT2D eigenvalue weighted by molar-refractivity contribution is 5.10. The smallest absolute Gasteiger partial charge is 0.309 e. The van der Waals surface area contributed by atoms with Gasteiger partial charge in [0.15, 0.2) is 0 Å². The van der Waals surface area contributed by atoms with Gasteiger partial charge in [0, 0.05) is 6.20 Å². The van der Waals surface area contributed by atoms with Gasteiger partial charge in [-0.1, -0.05) is 0 Å². The first-order valence-electron chi connectivity index (χ1n) is 2.88. The van der Waals surface area contributed by atoms with E-state index < -0.39 is 18.0 Å². The molecule has 0 spiro atoms. The molecule has 1 unspecified atom stereocenters. The van der Waals surface area contributed by atoms with E-state index in [2.05, 4.69) is 4.98 Å². The maximum absolute atomic E-state index is 12.6. The fraction of sp³-hybridized carbons (Fsp3) is 0.333. The van der Waals surface area contributed by atoms with Crippen molar-refractivity contribution in [1.29, 1.82) is 0 Å². The predicted molar refractivity (Wildman–Crippen MR) is 31.8 cm³/mol. The minimum absolute atomic E-state index is 0.535. The lowest BCUT2D eigenvalue weighted by molar-refractivity contribution is -0.196. The van der Waals surface area contributed by atoms with E-state index >= 15 is 0 Å². The van der Waals surface area contributed by atoms with Crippen LogP contribution in [0.15, 0.2) is 18.3 Å². The summed E-state index contributed by atoms with van der Waals surface area (Å²) in [6, 6.07) is 2.37. The van der Waals surface area contributed by atoms with Crippen molar-refractivity contribution in [2.75, 3.05) is 0 Å². The van der Waals surface area contributed by atoms with E-state index in [-0.39, 0.29) is 0 Å². The first kappa shape index (κ1) is 8.13. The summed E-state index contributed by atoms with van der Waals surface area (Å²) in [4.78, 5) is 2.15. The number of hydrogen-bond donors (Lipinski definition) is 2. The highest BCUT2D eigenvalue weighted by Gasteiger charge is 2.40. The molecule has 1 aromatic heterocycles. The van der Waals surface area contributed by atoms with Crippen molar-refractivity contribution in [3.63, 3.8) is 0 Å². The van der Waals surface area contributed by atoms with Crippen LogP contribution < -0.4 is 0 Å². The topological polar surface area (TPSA) is 36.0 Å². The van der Waals surface area contributed by atoms with Gasteiger partial charge in [0.25, 0.3) is 0 Å². The summed E-state index contributed by atoms with van der Waals surface area (Å²) in [7, 11) is 0. The van der Waals surface area contributed by atoms with Crippen molar-refractivity contribution < 1.29 is 18.3 Å². The van der Waals surface area contributed by atoms with Crippen LogP contribution in [-0.4, -0.2) is 16.5 Å². The Hall–Kier alpha value is -0.970. The second-order valence-corrected chi connectivity index (χ2v) is 2.06. The van der Waals surface area contributed by atoms with Crippen LogP contribution >= 0.6 is 0 Å². The fourth-order valence-corrected chi connectivity index (χ4v) is 0.666. The molecule has 0 bridgehead atoms. The van der Waals surface area contributed by atoms with Gasteiger partial charge in [0.1, 0.15) is 0 Å². The Kier molecular flexibility index (Phi) is 1.90. The standard InChI is InChI=1S/C6H6F3NO/c7-5(8)6(9,11)4-2-1-3-10-4/h1-3,5,10-11H. The second kappa shape index (κ2) is 2.58. The van der Waals surface area contributed by atoms with Crippen LogP contribution in [-0.2, 0) is 5.85 Å². The molecule has 0 saturated heterocycles. The number of aromatic amines is 1. The molecule has 5 heteroatoms. The summed E-state index contributed by atoms with van der Waals surface area (Å²) in [5.74, 6) is -3.57. The van der Waals surface area contributed by atoms with E-state index in [1.54, 1.807) is 0 Å². The Bertz CT molecular complexity index is 220. The number of nitrogens with one attached hydrogen (secondary N) is 1. The molecule has 0 amide bonds. The third-order valence-electron chi connectivity index (χ3n) is 1.26. The zero-order valence-electron chi connectivity index (χ0n) is 5.39. The molecule has 2 nitrogen and oxygen atoms in total. The normalized spacial score (nSPS) is 16.8. The maximum atomic E-state index is 12.6. The number of rotatable bonds is 2. The average Bonchev–Trinajstić information content (AvgIpc) is 2.37. The minimum Gasteiger partial charge on any atom is -0.360 e. The van der Waals surface area contributed by atoms with Crippen molar-refractivity contribution in [3.8, 4) is 0 Å². The van der Waals surface area contributed by atoms with E-state index in [0.29, 0.717) is 0 Å². The molecular formula is C6H6F3NO. The van der Waals surface area contributed by atoms with Gasteiger partial charge in [-0.3, -0.25) is 0 Å². The van der Waals surface area contributed by atoms with E-state index in [1.807, 2.05) is 0 Å². The fourth-order valence-electron chi connectivity index (χ4n) is 0.666. The Morgan fingerprint density at radius 3 is 2.55 bits per heavy atom. The zero-order chi connectivity index (χ0) is 8.48. The molecule has 1 aromatic rings. The number of hydrogen-bond acceptors (Lipinski definition) is 1. The Labute approximate surface area is 60.7 Å². The third-order valence-corrected chi connectivity index (χ3v) is 1.26. The Balaban J connectivity index is 2.90. The predicted octanol–water partition coefficient (Wildman–Crippen LogP) is 1.39. The summed E-state index contributed by atoms with van der Waals surface area (Å²) in [6.45, 7) is 0. The van der Waals surface area contributed by atoms with Gasteiger partial charge >= 0.3 is 12.3 Å². The SMILES string of the molecule is OC(F)(c1ccc[nH]1)C(F)F. The van der Waals surface area contributed by atoms with Gasteiger partial charge in [-0.2, -0.15) is 4.39 Å². The monoisotopic (exact) mass is 165 g/mol. The highest BCUT2D eigenvalue weighted by atomic mass is 19.3. The molecule has 0 saturated carbocycles. The molecule has 0 radical (unpaired) electrons. The van der Waals surface area contributed by atoms with E-state index in [0.717, 1.165) is 6.07 Å². The molecule has 2 N–H and O–H groups in total. The zero-order valence-corrected chi connectivity index (χ0v) is 5.39. The van der Waals surface area contributed by atoms with Crippen molar-refractivity contribution in [2.24, 2.45) is 0 Å². The summed E-state index contributed by atoms with van der Waals surface area (Å²) in [5.41, 5.74) is -0.535. The lowest BCUT2D eigenvalue weighted by atomic mass is 10.2. The van der Waals surface area contributed by atoms with E-state index in [4.69, 9.17) is 5.11 Å². The van der Waals surface area contributed by atoms with Crippen LogP contribution in [0.3, 0.4) is 0 Å². The molecule has 0 aliphatic rings. The van der Waals surface area contributed by atoms with Crippen LogP contribution in [0.5, 0.6) is 0 Å². The van der Waals surface area contributed by atoms with Crippen molar-refractivity contribution in [2.45, 2.75) is 12.3 Å². The Morgan fingerprint density at radius 1 is 1.55 bits per heavy atom. The highest BCUT2D eigenvalue weighted by Crippen LogP contribution is 2.27. The lowest BCUT2D eigenvalue weighted by Crippen LogP contribution is -2.28. The van der Waals surface area contributed by atoms with Crippen LogP contribution in [0, 0.1) is 0 Å². The summed E-state index contributed by atoms with van der Waals surface area (Å²) in [5, 5.41) is 8.50. The first-order chi connectivity index (χ1) is 5.05. The molecule has 1 heterocycles. The molecule has 1 rings (SSSR count). The van der Waals surface area contributed by atoms with Crippen molar-refractivity contribution in [3.05, 3.63) is 24.0 Å². The Morgan fingerprint density at radius 2 is 2.18 bits per heavy atom. The molecule has 0 aromatic carbocycles. The van der Waals surface area contributed by atoms with Crippen LogP contribution in [0.1, 0.15) is 5.69 Å². The van der Waals surface area contributed by atoms with E-state index in [9.17, 15) is 13.2 Å². The number of H-pyrrole nitrogens is 1. The van der Waals surface area contributed by atoms with E-state index in [1.165, 1.54) is 12.3 Å². The van der Waals surface area contributed by atoms with Gasteiger partial charge in [0.2, 0.25) is 0 Å². The molecule has 0 fully saturated rings. The number of halogens is 3. The average molecular weight is 165 g/mol. The van der Waals surface area contributed by atoms with Gasteiger partial charge < -0.3 is 10.1 Å². The molecule has 62 valence electrons. The summed E-state index contributed by atoms with van der Waals surface area (Å²) in [6.07, 6.45) is -2.19. The van der Waals surface area contributed by atoms with Crippen molar-refractivity contribution >= 4 is 0 Å². The molecule has 0 aliphatic heterocycles. The molecule has 11 heavy (non-hydrogen) atoms. The molecule has 0 aliphatic carbocycles. The van der Waals surface area contributed by atoms with Gasteiger partial charge in [-0.25, -0.2) is 8.78 Å². The second-order valence-electron chi connectivity index (χ2n) is 2.06. The lowest BCUT2D eigenvalue weighted by Gasteiger charge is -2.15. The van der Waals surface area contributed by atoms with Gasteiger partial charge in [0.05, 0.1) is 5.69 Å². The van der Waals surface area contributed by atoms with Crippen LogP contribution in [0.25, 0.3) is 0 Å². The number of aliphatic hydroxyl groups is 1. The number of aromatic nitrogens is 1. The quantitative estimate of drug-likeness (QED) is 0.682. The van der Waals surface area contributed by atoms with Gasteiger partial charge in [-0.15, -0.1) is 0 Å². The van der Waals surface area contributed by atoms with Gasteiger partial charge in [-0.05, 0) is 12.1 Å². The molecular weight excluding hydrogens is 159 g/mol.